The van der Waals surface area contributed by atoms with Gasteiger partial charge in [0.1, 0.15) is 17.2 Å². The maximum atomic E-state index is 12.3. The molecule has 1 heterocycles. The molecule has 0 saturated heterocycles. The number of hydrogen-bond donors (Lipinski definition) is 1. The number of alkyl halides is 3. The quantitative estimate of drug-likeness (QED) is 0.848. The first kappa shape index (κ1) is 16.6. The number of ether oxygens (including phenoxy) is 3. The molecule has 0 amide bonds. The van der Waals surface area contributed by atoms with E-state index >= 15 is 0 Å². The van der Waals surface area contributed by atoms with E-state index in [1.54, 1.807) is 6.92 Å². The summed E-state index contributed by atoms with van der Waals surface area (Å²) < 4.78 is 50.5. The van der Waals surface area contributed by atoms with Crippen molar-refractivity contribution in [3.05, 3.63) is 23.9 Å². The van der Waals surface area contributed by atoms with Gasteiger partial charge in [-0.25, -0.2) is 4.79 Å². The third-order valence-electron chi connectivity index (χ3n) is 2.68. The van der Waals surface area contributed by atoms with Crippen LogP contribution in [0.15, 0.2) is 18.2 Å². The van der Waals surface area contributed by atoms with Crippen LogP contribution in [0.3, 0.4) is 0 Å². The Bertz CT molecular complexity index is 700. The van der Waals surface area contributed by atoms with Gasteiger partial charge in [0.25, 0.3) is 0 Å². The van der Waals surface area contributed by atoms with Crippen LogP contribution in [0.2, 0.25) is 0 Å². The van der Waals surface area contributed by atoms with Crippen molar-refractivity contribution in [2.45, 2.75) is 13.3 Å². The van der Waals surface area contributed by atoms with Crippen molar-refractivity contribution < 1.29 is 32.2 Å². The summed E-state index contributed by atoms with van der Waals surface area (Å²) in [5.41, 5.74) is 0.257. The normalized spacial score (nSPS) is 11.2. The number of nitrogens with zero attached hydrogens (tertiary/aromatic N) is 2. The van der Waals surface area contributed by atoms with Crippen molar-refractivity contribution in [3.8, 4) is 22.8 Å². The van der Waals surface area contributed by atoms with Crippen LogP contribution in [-0.2, 0) is 4.74 Å². The Labute approximate surface area is 128 Å². The van der Waals surface area contributed by atoms with Crippen molar-refractivity contribution in [1.29, 1.82) is 0 Å². The number of rotatable bonds is 5. The number of aromatic amines is 1. The molecule has 0 atom stereocenters. The highest BCUT2D eigenvalue weighted by Crippen LogP contribution is 2.35. The molecule has 1 aromatic heterocycles. The summed E-state index contributed by atoms with van der Waals surface area (Å²) in [5, 5.41) is 9.79. The SMILES string of the molecule is CCOC(=O)c1n[nH]nc1-c1ccc(OC(F)(F)F)cc1OC. The van der Waals surface area contributed by atoms with E-state index in [2.05, 4.69) is 20.1 Å². The topological polar surface area (TPSA) is 86.3 Å². The van der Waals surface area contributed by atoms with Gasteiger partial charge in [-0.2, -0.15) is 10.3 Å². The number of esters is 1. The van der Waals surface area contributed by atoms with Gasteiger partial charge in [-0.1, -0.05) is 0 Å². The highest BCUT2D eigenvalue weighted by molar-refractivity contribution is 5.94. The van der Waals surface area contributed by atoms with Crippen molar-refractivity contribution >= 4 is 5.97 Å². The summed E-state index contributed by atoms with van der Waals surface area (Å²) in [6, 6.07) is 3.39. The first-order valence-electron chi connectivity index (χ1n) is 6.37. The first-order chi connectivity index (χ1) is 10.9. The molecule has 10 heteroatoms. The number of H-pyrrole nitrogens is 1. The fourth-order valence-electron chi connectivity index (χ4n) is 1.82. The van der Waals surface area contributed by atoms with Crippen molar-refractivity contribution in [2.75, 3.05) is 13.7 Å². The molecule has 0 saturated carbocycles. The molecule has 0 aliphatic heterocycles. The molecule has 0 aliphatic carbocycles. The van der Waals surface area contributed by atoms with E-state index in [4.69, 9.17) is 9.47 Å². The number of nitrogens with one attached hydrogen (secondary N) is 1. The van der Waals surface area contributed by atoms with Crippen LogP contribution < -0.4 is 9.47 Å². The first-order valence-corrected chi connectivity index (χ1v) is 6.37. The molecule has 0 radical (unpaired) electrons. The zero-order valence-corrected chi connectivity index (χ0v) is 12.1. The number of aromatic nitrogens is 3. The second-order valence-corrected chi connectivity index (χ2v) is 4.15. The lowest BCUT2D eigenvalue weighted by Crippen LogP contribution is -2.17. The van der Waals surface area contributed by atoms with E-state index in [0.29, 0.717) is 0 Å². The Morgan fingerprint density at radius 2 is 2.04 bits per heavy atom. The lowest BCUT2D eigenvalue weighted by molar-refractivity contribution is -0.274. The second-order valence-electron chi connectivity index (χ2n) is 4.15. The van der Waals surface area contributed by atoms with Crippen molar-refractivity contribution in [1.82, 2.24) is 15.4 Å². The lowest BCUT2D eigenvalue weighted by atomic mass is 10.1. The smallest absolute Gasteiger partial charge is 0.496 e. The van der Waals surface area contributed by atoms with E-state index in [1.165, 1.54) is 13.2 Å². The highest BCUT2D eigenvalue weighted by Gasteiger charge is 2.31. The molecule has 2 rings (SSSR count). The van der Waals surface area contributed by atoms with E-state index in [-0.39, 0.29) is 29.3 Å². The van der Waals surface area contributed by atoms with Gasteiger partial charge >= 0.3 is 12.3 Å². The largest absolute Gasteiger partial charge is 0.573 e. The lowest BCUT2D eigenvalue weighted by Gasteiger charge is -2.12. The van der Waals surface area contributed by atoms with Gasteiger partial charge in [0, 0.05) is 11.6 Å². The van der Waals surface area contributed by atoms with Crippen LogP contribution in [0.5, 0.6) is 11.5 Å². The minimum Gasteiger partial charge on any atom is -0.496 e. The number of benzene rings is 1. The van der Waals surface area contributed by atoms with Crippen LogP contribution in [0.1, 0.15) is 17.4 Å². The molecule has 0 bridgehead atoms. The summed E-state index contributed by atoms with van der Waals surface area (Å²) in [6.45, 7) is 1.77. The van der Waals surface area contributed by atoms with Gasteiger partial charge in [0.15, 0.2) is 5.69 Å². The van der Waals surface area contributed by atoms with Gasteiger partial charge in [-0.3, -0.25) is 0 Å². The van der Waals surface area contributed by atoms with E-state index < -0.39 is 18.1 Å². The number of carbonyl (C=O) groups is 1. The number of halogens is 3. The third-order valence-corrected chi connectivity index (χ3v) is 2.68. The third kappa shape index (κ3) is 3.90. The Hall–Kier alpha value is -2.78. The zero-order chi connectivity index (χ0) is 17.0. The molecule has 124 valence electrons. The number of methoxy groups -OCH3 is 1. The predicted molar refractivity (Wildman–Crippen MR) is 71.0 cm³/mol. The predicted octanol–water partition coefficient (Wildman–Crippen LogP) is 2.56. The van der Waals surface area contributed by atoms with Crippen molar-refractivity contribution in [2.24, 2.45) is 0 Å². The van der Waals surface area contributed by atoms with E-state index in [1.807, 2.05) is 0 Å². The molecule has 1 N–H and O–H groups in total. The van der Waals surface area contributed by atoms with Gasteiger partial charge in [0.05, 0.1) is 13.7 Å². The van der Waals surface area contributed by atoms with Crippen LogP contribution in [0.4, 0.5) is 13.2 Å². The standard InChI is InChI=1S/C13H12F3N3O4/c1-3-22-12(20)11-10(17-19-18-11)8-5-4-7(6-9(8)21-2)23-13(14,15)16/h4-6H,3H2,1-2H3,(H,17,18,19). The molecule has 0 fully saturated rings. The van der Waals surface area contributed by atoms with Crippen LogP contribution >= 0.6 is 0 Å². The monoisotopic (exact) mass is 331 g/mol. The average Bonchev–Trinajstić information content (AvgIpc) is 2.95. The number of hydrogen-bond acceptors (Lipinski definition) is 6. The molecule has 0 aliphatic rings. The molecule has 1 aromatic carbocycles. The zero-order valence-electron chi connectivity index (χ0n) is 12.1. The van der Waals surface area contributed by atoms with E-state index in [9.17, 15) is 18.0 Å². The molecule has 0 spiro atoms. The molecule has 7 nitrogen and oxygen atoms in total. The summed E-state index contributed by atoms with van der Waals surface area (Å²) in [4.78, 5) is 11.8. The Morgan fingerprint density at radius 1 is 1.30 bits per heavy atom. The summed E-state index contributed by atoms with van der Waals surface area (Å²) >= 11 is 0. The maximum absolute atomic E-state index is 12.3. The highest BCUT2D eigenvalue weighted by atomic mass is 19.4. The van der Waals surface area contributed by atoms with Crippen LogP contribution in [0.25, 0.3) is 11.3 Å². The fraction of sp³-hybridized carbons (Fsp3) is 0.308. The Balaban J connectivity index is 2.41. The molecular weight excluding hydrogens is 319 g/mol. The summed E-state index contributed by atoms with van der Waals surface area (Å²) in [6.07, 6.45) is -4.82. The van der Waals surface area contributed by atoms with Gasteiger partial charge < -0.3 is 14.2 Å². The fourth-order valence-corrected chi connectivity index (χ4v) is 1.82. The Morgan fingerprint density at radius 3 is 2.65 bits per heavy atom. The molecule has 23 heavy (non-hydrogen) atoms. The summed E-state index contributed by atoms with van der Waals surface area (Å²) in [7, 11) is 1.26. The Kier molecular flexibility index (Phi) is 4.72. The van der Waals surface area contributed by atoms with Gasteiger partial charge in [-0.15, -0.1) is 18.3 Å². The molecule has 2 aromatic rings. The minimum absolute atomic E-state index is 0.0335. The van der Waals surface area contributed by atoms with Crippen LogP contribution in [-0.4, -0.2) is 41.5 Å². The summed E-state index contributed by atoms with van der Waals surface area (Å²) in [5.74, 6) is -1.14. The van der Waals surface area contributed by atoms with Gasteiger partial charge in [0.2, 0.25) is 0 Å². The second kappa shape index (κ2) is 6.55. The minimum atomic E-state index is -4.82. The maximum Gasteiger partial charge on any atom is 0.573 e. The molecular formula is C13H12F3N3O4. The number of carbonyl (C=O) groups excluding carboxylic acids is 1. The van der Waals surface area contributed by atoms with Gasteiger partial charge in [-0.05, 0) is 19.1 Å². The molecule has 0 unspecified atom stereocenters. The van der Waals surface area contributed by atoms with E-state index in [0.717, 1.165) is 12.1 Å². The van der Waals surface area contributed by atoms with Crippen molar-refractivity contribution in [3.63, 3.8) is 0 Å². The van der Waals surface area contributed by atoms with Crippen LogP contribution in [0, 0.1) is 0 Å². The average molecular weight is 331 g/mol.